The number of nitrogens with zero attached hydrogens (tertiary/aromatic N) is 4. The fraction of sp³-hybridized carbons (Fsp3) is 0.500. The molecule has 0 spiro atoms. The molecular formula is C16H23N5O3S. The highest BCUT2D eigenvalue weighted by atomic mass is 32.2. The minimum absolute atomic E-state index is 0.0530. The lowest BCUT2D eigenvalue weighted by atomic mass is 10.1. The molecule has 9 heteroatoms. The summed E-state index contributed by atoms with van der Waals surface area (Å²) in [5.41, 5.74) is 2.07. The van der Waals surface area contributed by atoms with Crippen LogP contribution in [0, 0.1) is 0 Å². The molecule has 8 nitrogen and oxygen atoms in total. The first-order chi connectivity index (χ1) is 12.0. The third kappa shape index (κ3) is 4.17. The van der Waals surface area contributed by atoms with Gasteiger partial charge in [0.1, 0.15) is 0 Å². The van der Waals surface area contributed by atoms with Gasteiger partial charge in [-0.1, -0.05) is 6.07 Å². The van der Waals surface area contributed by atoms with E-state index in [0.29, 0.717) is 25.5 Å². The molecule has 0 unspecified atom stereocenters. The van der Waals surface area contributed by atoms with E-state index in [-0.39, 0.29) is 11.8 Å². The van der Waals surface area contributed by atoms with Crippen molar-refractivity contribution >= 4 is 10.0 Å². The summed E-state index contributed by atoms with van der Waals surface area (Å²) in [4.78, 5) is 6.49. The monoisotopic (exact) mass is 365 g/mol. The largest absolute Gasteiger partial charge is 0.481 e. The summed E-state index contributed by atoms with van der Waals surface area (Å²) in [5, 5.41) is 4.36. The van der Waals surface area contributed by atoms with Crippen molar-refractivity contribution in [1.82, 2.24) is 24.4 Å². The summed E-state index contributed by atoms with van der Waals surface area (Å²) in [6, 6.07) is 5.79. The summed E-state index contributed by atoms with van der Waals surface area (Å²) in [7, 11) is -1.62. The van der Waals surface area contributed by atoms with Gasteiger partial charge in [-0.3, -0.25) is 9.58 Å². The van der Waals surface area contributed by atoms with E-state index in [9.17, 15) is 8.42 Å². The molecule has 1 aliphatic rings. The minimum Gasteiger partial charge on any atom is -0.481 e. The molecule has 3 heterocycles. The van der Waals surface area contributed by atoms with Gasteiger partial charge in [0.25, 0.3) is 0 Å². The van der Waals surface area contributed by atoms with Gasteiger partial charge >= 0.3 is 0 Å². The fourth-order valence-corrected chi connectivity index (χ4v) is 3.68. The smallest absolute Gasteiger partial charge is 0.217 e. The molecule has 1 aliphatic heterocycles. The van der Waals surface area contributed by atoms with Crippen LogP contribution in [-0.2, 0) is 23.1 Å². The second-order valence-corrected chi connectivity index (χ2v) is 8.11. The first-order valence-corrected chi connectivity index (χ1v) is 9.87. The molecule has 25 heavy (non-hydrogen) atoms. The second kappa shape index (κ2) is 7.51. The van der Waals surface area contributed by atoms with Crippen molar-refractivity contribution in [2.45, 2.75) is 26.1 Å². The Hall–Kier alpha value is -1.97. The Bertz CT molecular complexity index is 821. The molecule has 0 aromatic carbocycles. The SMILES string of the molecule is CCS(=O)(=O)NC[C@@H]1CN(Cc2cccnc2OC)Cc2ccnn21. The maximum atomic E-state index is 11.8. The minimum atomic E-state index is -3.23. The Morgan fingerprint density at radius 1 is 1.36 bits per heavy atom. The van der Waals surface area contributed by atoms with Gasteiger partial charge in [-0.25, -0.2) is 18.1 Å². The number of rotatable bonds is 7. The van der Waals surface area contributed by atoms with Crippen LogP contribution in [0.1, 0.15) is 24.2 Å². The zero-order chi connectivity index (χ0) is 17.9. The Morgan fingerprint density at radius 2 is 2.20 bits per heavy atom. The van der Waals surface area contributed by atoms with Gasteiger partial charge in [0.2, 0.25) is 15.9 Å². The fourth-order valence-electron chi connectivity index (χ4n) is 3.03. The predicted octanol–water partition coefficient (Wildman–Crippen LogP) is 0.783. The molecular weight excluding hydrogens is 342 g/mol. The summed E-state index contributed by atoms with van der Waals surface area (Å²) in [6.45, 7) is 4.07. The van der Waals surface area contributed by atoms with E-state index < -0.39 is 10.0 Å². The summed E-state index contributed by atoms with van der Waals surface area (Å²) in [5.74, 6) is 0.687. The van der Waals surface area contributed by atoms with E-state index in [1.807, 2.05) is 22.9 Å². The standard InChI is InChI=1S/C16H23N5O3S/c1-3-25(22,23)19-9-15-12-20(11-14-6-8-18-21(14)15)10-13-5-4-7-17-16(13)24-2/h4-8,15,19H,3,9-12H2,1-2H3/t15-/m1/s1. The molecule has 0 saturated heterocycles. The Morgan fingerprint density at radius 3 is 2.96 bits per heavy atom. The summed E-state index contributed by atoms with van der Waals surface area (Å²) in [6.07, 6.45) is 3.46. The number of hydrogen-bond acceptors (Lipinski definition) is 6. The van der Waals surface area contributed by atoms with Gasteiger partial charge in [-0.05, 0) is 19.1 Å². The molecule has 0 amide bonds. The van der Waals surface area contributed by atoms with E-state index in [1.165, 1.54) is 0 Å². The Kier molecular flexibility index (Phi) is 5.36. The number of hydrogen-bond donors (Lipinski definition) is 1. The lowest BCUT2D eigenvalue weighted by molar-refractivity contribution is 0.166. The van der Waals surface area contributed by atoms with Gasteiger partial charge in [-0.2, -0.15) is 5.10 Å². The van der Waals surface area contributed by atoms with E-state index >= 15 is 0 Å². The molecule has 0 saturated carbocycles. The summed E-state index contributed by atoms with van der Waals surface area (Å²) >= 11 is 0. The van der Waals surface area contributed by atoms with E-state index in [0.717, 1.165) is 17.8 Å². The lowest BCUT2D eigenvalue weighted by Gasteiger charge is -2.34. The van der Waals surface area contributed by atoms with Crippen molar-refractivity contribution in [3.8, 4) is 5.88 Å². The number of ether oxygens (including phenoxy) is 1. The quantitative estimate of drug-likeness (QED) is 0.780. The topological polar surface area (TPSA) is 89.3 Å². The van der Waals surface area contributed by atoms with E-state index in [1.54, 1.807) is 26.4 Å². The van der Waals surface area contributed by atoms with Crippen molar-refractivity contribution in [2.24, 2.45) is 0 Å². The maximum Gasteiger partial charge on any atom is 0.217 e. The maximum absolute atomic E-state index is 11.8. The van der Waals surface area contributed by atoms with Crippen LogP contribution in [0.25, 0.3) is 0 Å². The van der Waals surface area contributed by atoms with Crippen LogP contribution in [0.4, 0.5) is 0 Å². The average molecular weight is 365 g/mol. The van der Waals surface area contributed by atoms with Gasteiger partial charge < -0.3 is 4.74 Å². The van der Waals surface area contributed by atoms with Crippen molar-refractivity contribution in [2.75, 3.05) is 26.0 Å². The van der Waals surface area contributed by atoms with E-state index in [4.69, 9.17) is 4.74 Å². The molecule has 1 N–H and O–H groups in total. The lowest BCUT2D eigenvalue weighted by Crippen LogP contribution is -2.43. The molecule has 3 rings (SSSR count). The zero-order valence-corrected chi connectivity index (χ0v) is 15.2. The molecule has 2 aromatic rings. The second-order valence-electron chi connectivity index (χ2n) is 6.01. The van der Waals surface area contributed by atoms with Crippen molar-refractivity contribution in [1.29, 1.82) is 0 Å². The first-order valence-electron chi connectivity index (χ1n) is 8.22. The first kappa shape index (κ1) is 17.8. The van der Waals surface area contributed by atoms with Crippen LogP contribution in [0.15, 0.2) is 30.6 Å². The van der Waals surface area contributed by atoms with Gasteiger partial charge in [0.15, 0.2) is 0 Å². The number of methoxy groups -OCH3 is 1. The molecule has 0 radical (unpaired) electrons. The number of fused-ring (bicyclic) bond motifs is 1. The molecule has 0 aliphatic carbocycles. The Balaban J connectivity index is 1.75. The van der Waals surface area contributed by atoms with Crippen LogP contribution in [0.3, 0.4) is 0 Å². The van der Waals surface area contributed by atoms with Crippen molar-refractivity contribution < 1.29 is 13.2 Å². The highest BCUT2D eigenvalue weighted by Crippen LogP contribution is 2.24. The number of pyridine rings is 1. The molecule has 0 fully saturated rings. The van der Waals surface area contributed by atoms with Crippen molar-refractivity contribution in [3.63, 3.8) is 0 Å². The van der Waals surface area contributed by atoms with Crippen LogP contribution in [0.2, 0.25) is 0 Å². The van der Waals surface area contributed by atoms with Gasteiger partial charge in [0.05, 0.1) is 24.6 Å². The molecule has 1 atom stereocenters. The molecule has 0 bridgehead atoms. The Labute approximate surface area is 147 Å². The van der Waals surface area contributed by atoms with Crippen LogP contribution in [0.5, 0.6) is 5.88 Å². The summed E-state index contributed by atoms with van der Waals surface area (Å²) < 4.78 is 33.4. The van der Waals surface area contributed by atoms with Gasteiger partial charge in [0, 0.05) is 44.1 Å². The highest BCUT2D eigenvalue weighted by molar-refractivity contribution is 7.89. The van der Waals surface area contributed by atoms with Crippen LogP contribution >= 0.6 is 0 Å². The van der Waals surface area contributed by atoms with Crippen LogP contribution in [-0.4, -0.2) is 54.0 Å². The average Bonchev–Trinajstić information content (AvgIpc) is 3.09. The normalized spacial score (nSPS) is 18.1. The van der Waals surface area contributed by atoms with Crippen LogP contribution < -0.4 is 9.46 Å². The number of aromatic nitrogens is 3. The molecule has 2 aromatic heterocycles. The predicted molar refractivity (Wildman–Crippen MR) is 93.6 cm³/mol. The van der Waals surface area contributed by atoms with E-state index in [2.05, 4.69) is 19.7 Å². The van der Waals surface area contributed by atoms with Crippen molar-refractivity contribution in [3.05, 3.63) is 41.9 Å². The zero-order valence-electron chi connectivity index (χ0n) is 14.4. The molecule has 136 valence electrons. The highest BCUT2D eigenvalue weighted by Gasteiger charge is 2.27. The third-order valence-corrected chi connectivity index (χ3v) is 5.68. The van der Waals surface area contributed by atoms with Gasteiger partial charge in [-0.15, -0.1) is 0 Å². The number of sulfonamides is 1. The third-order valence-electron chi connectivity index (χ3n) is 4.31. The number of nitrogens with one attached hydrogen (secondary N) is 1.